The van der Waals surface area contributed by atoms with E-state index in [0.29, 0.717) is 0 Å². The third kappa shape index (κ3) is 4.23. The summed E-state index contributed by atoms with van der Waals surface area (Å²) in [5, 5.41) is 0. The first kappa shape index (κ1) is 13.1. The summed E-state index contributed by atoms with van der Waals surface area (Å²) in [6, 6.07) is 6.20. The molecule has 5 heteroatoms. The van der Waals surface area contributed by atoms with E-state index in [1.807, 2.05) is 0 Å². The van der Waals surface area contributed by atoms with E-state index in [1.165, 1.54) is 35.4 Å². The molecule has 0 saturated heterocycles. The van der Waals surface area contributed by atoms with E-state index in [2.05, 4.69) is 19.7 Å². The van der Waals surface area contributed by atoms with E-state index in [4.69, 9.17) is 0 Å². The molecule has 0 aliphatic carbocycles. The van der Waals surface area contributed by atoms with Crippen molar-refractivity contribution in [2.24, 2.45) is 0 Å². The van der Waals surface area contributed by atoms with Crippen LogP contribution in [0.5, 0.6) is 0 Å². The van der Waals surface area contributed by atoms with Gasteiger partial charge in [-0.1, -0.05) is 12.5 Å². The Morgan fingerprint density at radius 1 is 1.38 bits per heavy atom. The molecule has 0 fully saturated rings. The number of aryl methyl sites for hydroxylation is 1. The van der Waals surface area contributed by atoms with Crippen LogP contribution in [-0.4, -0.2) is 0 Å². The average molecular weight is 304 g/mol. The summed E-state index contributed by atoms with van der Waals surface area (Å²) in [6.45, 7) is 1.43. The molecule has 0 spiro atoms. The molecule has 68 valence electrons. The van der Waals surface area contributed by atoms with Crippen molar-refractivity contribution in [3.63, 3.8) is 0 Å². The summed E-state index contributed by atoms with van der Waals surface area (Å²) < 4.78 is 36.1. The van der Waals surface area contributed by atoms with Gasteiger partial charge < -0.3 is 0 Å². The molecule has 0 unspecified atom stereocenters. The predicted octanol–water partition coefficient (Wildman–Crippen LogP) is 3.66. The number of hydrogen-bond donors (Lipinski definition) is 0. The standard InChI is InChI=1S/C8H6F3.BrH.Zn/c1-6-4-2-3-5-7(6)8(9,10)11;;/h2,4-5H,1H3;1H;/q-1;;+2/p-1. The van der Waals surface area contributed by atoms with E-state index in [9.17, 15) is 13.2 Å². The van der Waals surface area contributed by atoms with Gasteiger partial charge in [-0.3, -0.25) is 0 Å². The molecule has 0 heterocycles. The number of halogens is 4. The SMILES string of the molecule is Cc1cc[c-]cc1C(F)(F)F.[Zn+][Br]. The average Bonchev–Trinajstić information content (AvgIpc) is 2.07. The zero-order valence-corrected chi connectivity index (χ0v) is 11.5. The molecule has 0 nitrogen and oxygen atoms in total. The molecule has 0 N–H and O–H groups in total. The molecule has 13 heavy (non-hydrogen) atoms. The molecule has 0 bridgehead atoms. The first-order valence-corrected chi connectivity index (χ1v) is 10.3. The fourth-order valence-corrected chi connectivity index (χ4v) is 0.814. The molecule has 1 aromatic rings. The third-order valence-electron chi connectivity index (χ3n) is 1.39. The predicted molar refractivity (Wildman–Crippen MR) is 43.9 cm³/mol. The van der Waals surface area contributed by atoms with Crippen molar-refractivity contribution in [1.29, 1.82) is 0 Å². The van der Waals surface area contributed by atoms with Crippen LogP contribution in [0.15, 0.2) is 18.2 Å². The Labute approximate surface area is 91.6 Å². The van der Waals surface area contributed by atoms with Gasteiger partial charge in [0.2, 0.25) is 0 Å². The summed E-state index contributed by atoms with van der Waals surface area (Å²) in [5.74, 6) is 0. The minimum atomic E-state index is -4.25. The fraction of sp³-hybridized carbons (Fsp3) is 0.250. The topological polar surface area (TPSA) is 0 Å². The second-order valence-corrected chi connectivity index (χ2v) is 2.24. The van der Waals surface area contributed by atoms with E-state index in [1.54, 1.807) is 0 Å². The Kier molecular flexibility index (Phi) is 5.81. The zero-order valence-electron chi connectivity index (χ0n) is 6.95. The molecule has 0 aromatic heterocycles. The van der Waals surface area contributed by atoms with Crippen molar-refractivity contribution in [3.8, 4) is 0 Å². The Bertz CT molecular complexity index is 260. The van der Waals surface area contributed by atoms with Gasteiger partial charge in [-0.25, -0.2) is 0 Å². The van der Waals surface area contributed by atoms with Crippen molar-refractivity contribution < 1.29 is 29.5 Å². The summed E-state index contributed by atoms with van der Waals surface area (Å²) in [5.41, 5.74) is -0.378. The van der Waals surface area contributed by atoms with Crippen molar-refractivity contribution in [2.75, 3.05) is 0 Å². The number of benzene rings is 1. The zero-order chi connectivity index (χ0) is 10.5. The van der Waals surface area contributed by atoms with Gasteiger partial charge in [0, 0.05) is 0 Å². The number of hydrogen-bond acceptors (Lipinski definition) is 0. The molecular formula is C8H6BrF3Zn. The molecule has 1 rings (SSSR count). The number of alkyl halides is 3. The molecular weight excluding hydrogens is 298 g/mol. The molecule has 0 saturated carbocycles. The van der Waals surface area contributed by atoms with Crippen molar-refractivity contribution in [3.05, 3.63) is 35.4 Å². The van der Waals surface area contributed by atoms with Gasteiger partial charge in [0.1, 0.15) is 0 Å². The third-order valence-corrected chi connectivity index (χ3v) is 1.39. The molecule has 0 atom stereocenters. The van der Waals surface area contributed by atoms with Gasteiger partial charge in [0.25, 0.3) is 0 Å². The summed E-state index contributed by atoms with van der Waals surface area (Å²) in [7, 11) is 0. The summed E-state index contributed by atoms with van der Waals surface area (Å²) in [6.07, 6.45) is -4.25. The monoisotopic (exact) mass is 302 g/mol. The normalized spacial score (nSPS) is 10.4. The molecule has 0 aliphatic rings. The van der Waals surface area contributed by atoms with Crippen LogP contribution in [0, 0.1) is 13.0 Å². The fourth-order valence-electron chi connectivity index (χ4n) is 0.814. The molecule has 0 amide bonds. The second-order valence-electron chi connectivity index (χ2n) is 2.24. The van der Waals surface area contributed by atoms with Crippen LogP contribution in [0.2, 0.25) is 0 Å². The Balaban J connectivity index is 0.000000671. The first-order valence-electron chi connectivity index (χ1n) is 3.32. The second kappa shape index (κ2) is 5.76. The van der Waals surface area contributed by atoms with Gasteiger partial charge in [0.15, 0.2) is 0 Å². The van der Waals surface area contributed by atoms with Gasteiger partial charge in [-0.2, -0.15) is 37.4 Å². The molecule has 0 radical (unpaired) electrons. The van der Waals surface area contributed by atoms with E-state index in [0.717, 1.165) is 6.07 Å². The van der Waals surface area contributed by atoms with Crippen LogP contribution in [0.25, 0.3) is 0 Å². The van der Waals surface area contributed by atoms with Gasteiger partial charge in [-0.05, 0) is 0 Å². The van der Waals surface area contributed by atoms with Crippen LogP contribution >= 0.6 is 13.6 Å². The molecule has 1 aromatic carbocycles. The maximum atomic E-state index is 12.0. The van der Waals surface area contributed by atoms with Crippen LogP contribution < -0.4 is 0 Å². The van der Waals surface area contributed by atoms with E-state index in [-0.39, 0.29) is 5.56 Å². The Hall–Kier alpha value is 0.113. The van der Waals surface area contributed by atoms with Crippen molar-refractivity contribution >= 4 is 13.6 Å². The van der Waals surface area contributed by atoms with Gasteiger partial charge in [-0.15, -0.1) is 5.56 Å². The number of rotatable bonds is 0. The van der Waals surface area contributed by atoms with E-state index < -0.39 is 11.7 Å². The van der Waals surface area contributed by atoms with Crippen LogP contribution in [-0.2, 0) is 22.5 Å². The van der Waals surface area contributed by atoms with E-state index >= 15 is 0 Å². The summed E-state index contributed by atoms with van der Waals surface area (Å²) in [4.78, 5) is 0. The van der Waals surface area contributed by atoms with Crippen LogP contribution in [0.3, 0.4) is 0 Å². The maximum absolute atomic E-state index is 12.0. The van der Waals surface area contributed by atoms with Crippen LogP contribution in [0.4, 0.5) is 13.2 Å². The van der Waals surface area contributed by atoms with Crippen molar-refractivity contribution in [1.82, 2.24) is 0 Å². The van der Waals surface area contributed by atoms with Crippen molar-refractivity contribution in [2.45, 2.75) is 13.1 Å². The Morgan fingerprint density at radius 2 is 1.92 bits per heavy atom. The first-order chi connectivity index (χ1) is 6.02. The quantitative estimate of drug-likeness (QED) is 0.507. The van der Waals surface area contributed by atoms with Gasteiger partial charge in [0.05, 0.1) is 0 Å². The Morgan fingerprint density at radius 3 is 2.23 bits per heavy atom. The van der Waals surface area contributed by atoms with Gasteiger partial charge >= 0.3 is 36.1 Å². The van der Waals surface area contributed by atoms with Crippen LogP contribution in [0.1, 0.15) is 11.1 Å². The molecule has 0 aliphatic heterocycles. The summed E-state index contributed by atoms with van der Waals surface area (Å²) >= 11 is 4.25. The minimum absolute atomic E-state index is 0.233.